The second-order valence-corrected chi connectivity index (χ2v) is 6.92. The van der Waals surface area contributed by atoms with Gasteiger partial charge in [-0.2, -0.15) is 0 Å². The zero-order chi connectivity index (χ0) is 15.3. The number of hydrogen-bond acceptors (Lipinski definition) is 0. The molecule has 4 rings (SSSR count). The molecule has 0 heteroatoms. The molecule has 0 heterocycles. The van der Waals surface area contributed by atoms with Crippen molar-refractivity contribution in [3.05, 3.63) is 71.3 Å². The van der Waals surface area contributed by atoms with Gasteiger partial charge < -0.3 is 0 Å². The second-order valence-electron chi connectivity index (χ2n) is 6.92. The van der Waals surface area contributed by atoms with Crippen LogP contribution in [0.4, 0.5) is 0 Å². The van der Waals surface area contributed by atoms with E-state index in [1.54, 1.807) is 0 Å². The molecule has 0 nitrogen and oxygen atoms in total. The average molecular weight is 286 g/mol. The van der Waals surface area contributed by atoms with Crippen LogP contribution in [0.5, 0.6) is 0 Å². The van der Waals surface area contributed by atoms with Crippen LogP contribution in [-0.2, 0) is 11.8 Å². The van der Waals surface area contributed by atoms with Crippen molar-refractivity contribution in [1.29, 1.82) is 0 Å². The van der Waals surface area contributed by atoms with Crippen molar-refractivity contribution < 1.29 is 0 Å². The zero-order valence-corrected chi connectivity index (χ0v) is 13.6. The van der Waals surface area contributed by atoms with E-state index in [0.717, 1.165) is 6.42 Å². The summed E-state index contributed by atoms with van der Waals surface area (Å²) in [6.45, 7) is 6.97. The Morgan fingerprint density at radius 2 is 1.55 bits per heavy atom. The molecule has 3 aromatic carbocycles. The highest BCUT2D eigenvalue weighted by Crippen LogP contribution is 2.48. The van der Waals surface area contributed by atoms with Crippen LogP contribution in [0.1, 0.15) is 43.9 Å². The molecular weight excluding hydrogens is 264 g/mol. The van der Waals surface area contributed by atoms with E-state index in [9.17, 15) is 0 Å². The summed E-state index contributed by atoms with van der Waals surface area (Å²) in [5.74, 6) is 0. The topological polar surface area (TPSA) is 0 Å². The lowest BCUT2D eigenvalue weighted by Gasteiger charge is -2.35. The van der Waals surface area contributed by atoms with Crippen LogP contribution in [-0.4, -0.2) is 0 Å². The number of rotatable bonds is 2. The van der Waals surface area contributed by atoms with Gasteiger partial charge in [0.15, 0.2) is 0 Å². The summed E-state index contributed by atoms with van der Waals surface area (Å²) in [4.78, 5) is 0. The van der Waals surface area contributed by atoms with E-state index in [1.165, 1.54) is 45.0 Å². The van der Waals surface area contributed by atoms with Crippen molar-refractivity contribution in [1.82, 2.24) is 0 Å². The standard InChI is InChI=1S/C22H22/c1-4-8-15-13-14-18-17-9-5-6-11-19(17)22(2,3)20-12-7-10-16(15)21(18)20/h5-7,9-14H,4,8H2,1-3H3. The number of hydrogen-bond donors (Lipinski definition) is 0. The molecule has 0 saturated heterocycles. The first kappa shape index (κ1) is 13.6. The highest BCUT2D eigenvalue weighted by molar-refractivity contribution is 6.04. The lowest BCUT2D eigenvalue weighted by molar-refractivity contribution is 0.645. The van der Waals surface area contributed by atoms with E-state index in [4.69, 9.17) is 0 Å². The Bertz CT molecular complexity index is 868. The Labute approximate surface area is 132 Å². The molecule has 3 aromatic rings. The highest BCUT2D eigenvalue weighted by Gasteiger charge is 2.33. The van der Waals surface area contributed by atoms with Crippen LogP contribution in [0.3, 0.4) is 0 Å². The van der Waals surface area contributed by atoms with Gasteiger partial charge in [0.1, 0.15) is 0 Å². The van der Waals surface area contributed by atoms with Crippen LogP contribution in [0, 0.1) is 0 Å². The van der Waals surface area contributed by atoms with Crippen LogP contribution in [0.2, 0.25) is 0 Å². The molecule has 0 fully saturated rings. The first-order valence-electron chi connectivity index (χ1n) is 8.29. The lowest BCUT2D eigenvalue weighted by atomic mass is 9.68. The summed E-state index contributed by atoms with van der Waals surface area (Å²) in [5.41, 5.74) is 7.27. The van der Waals surface area contributed by atoms with Crippen molar-refractivity contribution in [2.24, 2.45) is 0 Å². The molecular formula is C22H22. The second kappa shape index (κ2) is 4.71. The summed E-state index contributed by atoms with van der Waals surface area (Å²) in [6, 6.07) is 20.4. The lowest BCUT2D eigenvalue weighted by Crippen LogP contribution is -2.23. The molecule has 0 amide bonds. The van der Waals surface area contributed by atoms with Crippen molar-refractivity contribution in [2.45, 2.75) is 39.0 Å². The van der Waals surface area contributed by atoms with Gasteiger partial charge in [-0.3, -0.25) is 0 Å². The average Bonchev–Trinajstić information content (AvgIpc) is 2.54. The third kappa shape index (κ3) is 1.70. The molecule has 1 aliphatic rings. The normalized spacial score (nSPS) is 14.9. The summed E-state index contributed by atoms with van der Waals surface area (Å²) >= 11 is 0. The van der Waals surface area contributed by atoms with Gasteiger partial charge in [-0.1, -0.05) is 81.8 Å². The summed E-state index contributed by atoms with van der Waals surface area (Å²) in [6.07, 6.45) is 2.35. The molecule has 0 saturated carbocycles. The Hall–Kier alpha value is -2.08. The van der Waals surface area contributed by atoms with Crippen LogP contribution < -0.4 is 0 Å². The summed E-state index contributed by atoms with van der Waals surface area (Å²) in [7, 11) is 0. The van der Waals surface area contributed by atoms with E-state index < -0.39 is 0 Å². The quantitative estimate of drug-likeness (QED) is 0.534. The largest absolute Gasteiger partial charge is 0.0651 e. The van der Waals surface area contributed by atoms with Gasteiger partial charge in [0.25, 0.3) is 0 Å². The van der Waals surface area contributed by atoms with Gasteiger partial charge >= 0.3 is 0 Å². The van der Waals surface area contributed by atoms with Crippen LogP contribution >= 0.6 is 0 Å². The molecule has 0 unspecified atom stereocenters. The molecule has 1 aliphatic carbocycles. The Balaban J connectivity index is 2.17. The molecule has 0 bridgehead atoms. The molecule has 22 heavy (non-hydrogen) atoms. The van der Waals surface area contributed by atoms with Gasteiger partial charge in [0.2, 0.25) is 0 Å². The van der Waals surface area contributed by atoms with Crippen molar-refractivity contribution in [3.63, 3.8) is 0 Å². The van der Waals surface area contributed by atoms with Gasteiger partial charge in [-0.15, -0.1) is 0 Å². The van der Waals surface area contributed by atoms with Gasteiger partial charge in [0.05, 0.1) is 0 Å². The van der Waals surface area contributed by atoms with Crippen molar-refractivity contribution >= 4 is 10.8 Å². The van der Waals surface area contributed by atoms with E-state index >= 15 is 0 Å². The maximum atomic E-state index is 2.36. The van der Waals surface area contributed by atoms with E-state index in [2.05, 4.69) is 75.4 Å². The SMILES string of the molecule is CCCc1ccc2c3c(cccc13)C(C)(C)c1ccccc1-2. The minimum atomic E-state index is 0.0634. The molecule has 0 spiro atoms. The van der Waals surface area contributed by atoms with Gasteiger partial charge in [0, 0.05) is 5.41 Å². The molecule has 0 atom stereocenters. The first-order valence-corrected chi connectivity index (χ1v) is 8.29. The number of fused-ring (bicyclic) bond motifs is 2. The maximum Gasteiger partial charge on any atom is 0.0159 e. The third-order valence-corrected chi connectivity index (χ3v) is 5.21. The predicted molar refractivity (Wildman–Crippen MR) is 95.5 cm³/mol. The van der Waals surface area contributed by atoms with Gasteiger partial charge in [-0.05, 0) is 45.0 Å². The fraction of sp³-hybridized carbons (Fsp3) is 0.273. The fourth-order valence-electron chi connectivity index (χ4n) is 4.11. The fourth-order valence-corrected chi connectivity index (χ4v) is 4.11. The Morgan fingerprint density at radius 1 is 0.773 bits per heavy atom. The summed E-state index contributed by atoms with van der Waals surface area (Å²) < 4.78 is 0. The predicted octanol–water partition coefficient (Wildman–Crippen LogP) is 6.10. The summed E-state index contributed by atoms with van der Waals surface area (Å²) in [5, 5.41) is 2.91. The van der Waals surface area contributed by atoms with Crippen LogP contribution in [0.15, 0.2) is 54.6 Å². The monoisotopic (exact) mass is 286 g/mol. The Morgan fingerprint density at radius 3 is 2.36 bits per heavy atom. The minimum Gasteiger partial charge on any atom is -0.0651 e. The van der Waals surface area contributed by atoms with E-state index in [1.807, 2.05) is 0 Å². The highest BCUT2D eigenvalue weighted by atomic mass is 14.4. The number of benzene rings is 3. The van der Waals surface area contributed by atoms with E-state index in [-0.39, 0.29) is 5.41 Å². The van der Waals surface area contributed by atoms with E-state index in [0.29, 0.717) is 0 Å². The molecule has 0 radical (unpaired) electrons. The first-order chi connectivity index (χ1) is 10.6. The van der Waals surface area contributed by atoms with Gasteiger partial charge in [-0.25, -0.2) is 0 Å². The molecule has 0 aliphatic heterocycles. The van der Waals surface area contributed by atoms with Crippen LogP contribution in [0.25, 0.3) is 21.9 Å². The molecule has 0 aromatic heterocycles. The zero-order valence-electron chi connectivity index (χ0n) is 13.6. The maximum absolute atomic E-state index is 2.36. The Kier molecular flexibility index (Phi) is 2.91. The third-order valence-electron chi connectivity index (χ3n) is 5.21. The minimum absolute atomic E-state index is 0.0634. The smallest absolute Gasteiger partial charge is 0.0159 e. The molecule has 110 valence electrons. The number of aryl methyl sites for hydroxylation is 1. The van der Waals surface area contributed by atoms with Crippen molar-refractivity contribution in [2.75, 3.05) is 0 Å². The van der Waals surface area contributed by atoms with Crippen molar-refractivity contribution in [3.8, 4) is 11.1 Å². The molecule has 0 N–H and O–H groups in total.